The van der Waals surface area contributed by atoms with Gasteiger partial charge in [-0.2, -0.15) is 0 Å². The number of nitrogens with one attached hydrogen (secondary N) is 3. The first kappa shape index (κ1) is 32.7. The van der Waals surface area contributed by atoms with Crippen molar-refractivity contribution in [2.24, 2.45) is 0 Å². The van der Waals surface area contributed by atoms with E-state index in [1.165, 1.54) is 11.8 Å². The van der Waals surface area contributed by atoms with Gasteiger partial charge in [-0.1, -0.05) is 79.7 Å². The number of amides is 3. The maximum absolute atomic E-state index is 13.6. The first-order valence-electron chi connectivity index (χ1n) is 15.1. The topological polar surface area (TPSA) is 109 Å². The molecular formula is C38H34N4O4S. The maximum Gasteiger partial charge on any atom is 0.272 e. The summed E-state index contributed by atoms with van der Waals surface area (Å²) in [5.41, 5.74) is 2.76. The molecule has 3 amide bonds. The zero-order valence-electron chi connectivity index (χ0n) is 25.8. The highest BCUT2D eigenvalue weighted by molar-refractivity contribution is 8.00. The van der Waals surface area contributed by atoms with Crippen LogP contribution in [0.25, 0.3) is 6.08 Å². The summed E-state index contributed by atoms with van der Waals surface area (Å²) in [5.74, 6) is 0.100. The third-order valence-corrected chi connectivity index (χ3v) is 8.28. The summed E-state index contributed by atoms with van der Waals surface area (Å²) in [4.78, 5) is 44.6. The number of carbonyl (C=O) groups is 3. The van der Waals surface area contributed by atoms with Crippen molar-refractivity contribution in [3.63, 3.8) is 0 Å². The fraction of sp³-hybridized carbons (Fsp3) is 0.105. The van der Waals surface area contributed by atoms with E-state index in [0.29, 0.717) is 41.4 Å². The third kappa shape index (κ3) is 9.91. The average Bonchev–Trinajstić information content (AvgIpc) is 3.11. The molecule has 0 aliphatic carbocycles. The Bertz CT molecular complexity index is 1820. The molecule has 1 heterocycles. The predicted octanol–water partition coefficient (Wildman–Crippen LogP) is 7.58. The van der Waals surface area contributed by atoms with E-state index in [9.17, 15) is 14.4 Å². The van der Waals surface area contributed by atoms with Crippen LogP contribution in [0.3, 0.4) is 0 Å². The number of ether oxygens (including phenoxy) is 1. The molecule has 5 rings (SSSR count). The van der Waals surface area contributed by atoms with Crippen LogP contribution in [-0.4, -0.2) is 28.0 Å². The van der Waals surface area contributed by atoms with Gasteiger partial charge in [0.25, 0.3) is 11.8 Å². The van der Waals surface area contributed by atoms with Crippen molar-refractivity contribution >= 4 is 47.1 Å². The van der Waals surface area contributed by atoms with Gasteiger partial charge >= 0.3 is 0 Å². The molecule has 0 saturated carbocycles. The monoisotopic (exact) mass is 642 g/mol. The van der Waals surface area contributed by atoms with Crippen LogP contribution in [0.15, 0.2) is 144 Å². The van der Waals surface area contributed by atoms with Crippen LogP contribution < -0.4 is 20.7 Å². The standard InChI is InChI=1S/C38H34N4O4S/c1-2-34(38(45)42-35-18-9-10-23-39-35)47-32-17-11-16-30(25-32)40-37(44)33(41-36(43)29-14-7-4-8-15-29)24-27-19-21-31(22-20-27)46-26-28-12-5-3-6-13-28/h3-25,34H,2,26H2,1H3,(H,40,44)(H,41,43)(H,39,42,45)/b33-24-. The van der Waals surface area contributed by atoms with Crippen molar-refractivity contribution < 1.29 is 19.1 Å². The smallest absolute Gasteiger partial charge is 0.272 e. The second-order valence-electron chi connectivity index (χ2n) is 10.4. The highest BCUT2D eigenvalue weighted by Gasteiger charge is 2.20. The first-order chi connectivity index (χ1) is 23.0. The number of nitrogens with zero attached hydrogens (tertiary/aromatic N) is 1. The Balaban J connectivity index is 1.30. The van der Waals surface area contributed by atoms with Crippen LogP contribution >= 0.6 is 11.8 Å². The molecule has 9 heteroatoms. The Morgan fingerprint density at radius 1 is 0.809 bits per heavy atom. The summed E-state index contributed by atoms with van der Waals surface area (Å²) in [7, 11) is 0. The van der Waals surface area contributed by atoms with Gasteiger partial charge in [0.1, 0.15) is 23.9 Å². The number of carbonyl (C=O) groups excluding carboxylic acids is 3. The van der Waals surface area contributed by atoms with Crippen molar-refractivity contribution in [1.29, 1.82) is 0 Å². The van der Waals surface area contributed by atoms with Crippen LogP contribution in [0, 0.1) is 0 Å². The Morgan fingerprint density at radius 2 is 1.53 bits per heavy atom. The minimum Gasteiger partial charge on any atom is -0.489 e. The lowest BCUT2D eigenvalue weighted by atomic mass is 10.1. The Kier molecular flexibility index (Phi) is 11.5. The molecule has 4 aromatic carbocycles. The van der Waals surface area contributed by atoms with Gasteiger partial charge in [-0.3, -0.25) is 14.4 Å². The molecule has 0 fully saturated rings. The highest BCUT2D eigenvalue weighted by atomic mass is 32.2. The van der Waals surface area contributed by atoms with Crippen LogP contribution in [0.4, 0.5) is 11.5 Å². The van der Waals surface area contributed by atoms with Gasteiger partial charge in [-0.05, 0) is 78.2 Å². The second kappa shape index (κ2) is 16.6. The molecule has 8 nitrogen and oxygen atoms in total. The van der Waals surface area contributed by atoms with Crippen molar-refractivity contribution in [3.8, 4) is 5.75 Å². The van der Waals surface area contributed by atoms with E-state index in [2.05, 4.69) is 20.9 Å². The van der Waals surface area contributed by atoms with Gasteiger partial charge in [-0.15, -0.1) is 11.8 Å². The van der Waals surface area contributed by atoms with E-state index in [4.69, 9.17) is 4.74 Å². The molecule has 0 bridgehead atoms. The van der Waals surface area contributed by atoms with Gasteiger partial charge in [0.05, 0.1) is 5.25 Å². The van der Waals surface area contributed by atoms with E-state index in [1.54, 1.807) is 66.9 Å². The zero-order chi connectivity index (χ0) is 32.8. The molecule has 3 N–H and O–H groups in total. The summed E-state index contributed by atoms with van der Waals surface area (Å²) in [6.45, 7) is 2.37. The SMILES string of the molecule is CCC(Sc1cccc(NC(=O)/C(=C/c2ccc(OCc3ccccc3)cc2)NC(=O)c2ccccc2)c1)C(=O)Nc1ccccn1. The summed E-state index contributed by atoms with van der Waals surface area (Å²) >= 11 is 1.39. The average molecular weight is 643 g/mol. The molecule has 0 aliphatic heterocycles. The Morgan fingerprint density at radius 3 is 2.23 bits per heavy atom. The third-order valence-electron chi connectivity index (χ3n) is 6.92. The van der Waals surface area contributed by atoms with Crippen LogP contribution in [0.1, 0.15) is 34.8 Å². The normalized spacial score (nSPS) is 11.6. The Hall–Kier alpha value is -5.67. The van der Waals surface area contributed by atoms with E-state index in [1.807, 2.05) is 79.7 Å². The quantitative estimate of drug-likeness (QED) is 0.0903. The number of pyridine rings is 1. The number of thioether (sulfide) groups is 1. The molecule has 1 aromatic heterocycles. The van der Waals surface area contributed by atoms with E-state index in [0.717, 1.165) is 10.5 Å². The molecule has 0 aliphatic rings. The van der Waals surface area contributed by atoms with Gasteiger partial charge in [0, 0.05) is 22.3 Å². The van der Waals surface area contributed by atoms with E-state index >= 15 is 0 Å². The fourth-order valence-electron chi connectivity index (χ4n) is 4.49. The van der Waals surface area contributed by atoms with Gasteiger partial charge in [-0.25, -0.2) is 4.98 Å². The lowest BCUT2D eigenvalue weighted by Crippen LogP contribution is -2.30. The second-order valence-corrected chi connectivity index (χ2v) is 11.7. The first-order valence-corrected chi connectivity index (χ1v) is 16.0. The molecular weight excluding hydrogens is 609 g/mol. The van der Waals surface area contributed by atoms with Crippen LogP contribution in [0.2, 0.25) is 0 Å². The number of aromatic nitrogens is 1. The molecule has 0 radical (unpaired) electrons. The summed E-state index contributed by atoms with van der Waals surface area (Å²) < 4.78 is 5.89. The maximum atomic E-state index is 13.6. The molecule has 5 aromatic rings. The largest absolute Gasteiger partial charge is 0.489 e. The Labute approximate surface area is 278 Å². The van der Waals surface area contributed by atoms with Crippen LogP contribution in [0.5, 0.6) is 5.75 Å². The molecule has 236 valence electrons. The minimum atomic E-state index is -0.499. The number of anilines is 2. The molecule has 1 atom stereocenters. The molecule has 47 heavy (non-hydrogen) atoms. The lowest BCUT2D eigenvalue weighted by molar-refractivity contribution is -0.116. The van der Waals surface area contributed by atoms with Crippen molar-refractivity contribution in [1.82, 2.24) is 10.3 Å². The zero-order valence-corrected chi connectivity index (χ0v) is 26.6. The summed E-state index contributed by atoms with van der Waals surface area (Å²) in [6, 6.07) is 38.4. The van der Waals surface area contributed by atoms with Crippen molar-refractivity contribution in [3.05, 3.63) is 156 Å². The number of rotatable bonds is 13. The van der Waals surface area contributed by atoms with Gasteiger partial charge < -0.3 is 20.7 Å². The van der Waals surface area contributed by atoms with Crippen LogP contribution in [-0.2, 0) is 16.2 Å². The summed E-state index contributed by atoms with van der Waals surface area (Å²) in [5, 5.41) is 8.15. The number of benzene rings is 4. The van der Waals surface area contributed by atoms with Gasteiger partial charge in [0.15, 0.2) is 0 Å². The minimum absolute atomic E-state index is 0.0658. The molecule has 0 spiro atoms. The molecule has 1 unspecified atom stereocenters. The fourth-order valence-corrected chi connectivity index (χ4v) is 5.50. The van der Waals surface area contributed by atoms with Gasteiger partial charge in [0.2, 0.25) is 5.91 Å². The number of hydrogen-bond donors (Lipinski definition) is 3. The summed E-state index contributed by atoms with van der Waals surface area (Å²) in [6.07, 6.45) is 3.83. The number of hydrogen-bond acceptors (Lipinski definition) is 6. The lowest BCUT2D eigenvalue weighted by Gasteiger charge is -2.15. The van der Waals surface area contributed by atoms with Crippen molar-refractivity contribution in [2.75, 3.05) is 10.6 Å². The van der Waals surface area contributed by atoms with E-state index in [-0.39, 0.29) is 16.9 Å². The van der Waals surface area contributed by atoms with E-state index < -0.39 is 11.8 Å². The van der Waals surface area contributed by atoms with Crippen molar-refractivity contribution in [2.45, 2.75) is 30.1 Å². The molecule has 0 saturated heterocycles. The highest BCUT2D eigenvalue weighted by Crippen LogP contribution is 2.29. The predicted molar refractivity (Wildman–Crippen MR) is 187 cm³/mol.